The molecule has 2 aromatic rings. The van der Waals surface area contributed by atoms with E-state index >= 15 is 0 Å². The van der Waals surface area contributed by atoms with Crippen LogP contribution in [-0.4, -0.2) is 39.2 Å². The summed E-state index contributed by atoms with van der Waals surface area (Å²) in [6.45, 7) is 1.82. The molecule has 0 atom stereocenters. The molecule has 0 saturated carbocycles. The summed E-state index contributed by atoms with van der Waals surface area (Å²) in [6.07, 6.45) is 1.59. The van der Waals surface area contributed by atoms with Crippen LogP contribution in [0.1, 0.15) is 12.5 Å². The first-order valence-electron chi connectivity index (χ1n) is 6.54. The molecule has 1 amide bonds. The number of nitrogens with one attached hydrogen (secondary N) is 1. The largest absolute Gasteiger partial charge is 0.497 e. The molecule has 0 aliphatic carbocycles. The van der Waals surface area contributed by atoms with Gasteiger partial charge in [0.2, 0.25) is 0 Å². The number of thioether (sulfide) groups is 1. The number of hydrazone groups is 1. The van der Waals surface area contributed by atoms with Crippen molar-refractivity contribution in [3.8, 4) is 5.75 Å². The predicted octanol–water partition coefficient (Wildman–Crippen LogP) is 1.46. The average molecular weight is 319 g/mol. The number of aromatic nitrogens is 3. The smallest absolute Gasteiger partial charge is 0.250 e. The van der Waals surface area contributed by atoms with Gasteiger partial charge in [0.05, 0.1) is 18.6 Å². The molecule has 0 radical (unpaired) electrons. The zero-order valence-corrected chi connectivity index (χ0v) is 13.4. The second kappa shape index (κ2) is 7.60. The number of methoxy groups -OCH3 is 1. The van der Waals surface area contributed by atoms with E-state index in [9.17, 15) is 4.79 Å². The van der Waals surface area contributed by atoms with Gasteiger partial charge in [-0.25, -0.2) is 5.43 Å². The molecule has 1 N–H and O–H groups in total. The van der Waals surface area contributed by atoms with E-state index < -0.39 is 0 Å². The summed E-state index contributed by atoms with van der Waals surface area (Å²) in [6, 6.07) is 7.49. The first kappa shape index (κ1) is 16.0. The zero-order valence-electron chi connectivity index (χ0n) is 12.6. The van der Waals surface area contributed by atoms with Gasteiger partial charge < -0.3 is 9.30 Å². The second-order valence-electron chi connectivity index (χ2n) is 4.48. The van der Waals surface area contributed by atoms with Crippen molar-refractivity contribution < 1.29 is 9.53 Å². The molecule has 7 nitrogen and oxygen atoms in total. The average Bonchev–Trinajstić information content (AvgIpc) is 2.95. The number of carbonyl (C=O) groups is 1. The van der Waals surface area contributed by atoms with Crippen LogP contribution in [0.4, 0.5) is 0 Å². The molecule has 0 bridgehead atoms. The van der Waals surface area contributed by atoms with E-state index in [-0.39, 0.29) is 11.7 Å². The summed E-state index contributed by atoms with van der Waals surface area (Å²) >= 11 is 1.30. The number of amides is 1. The lowest BCUT2D eigenvalue weighted by atomic mass is 10.1. The van der Waals surface area contributed by atoms with Crippen molar-refractivity contribution in [3.63, 3.8) is 0 Å². The van der Waals surface area contributed by atoms with Crippen LogP contribution < -0.4 is 10.2 Å². The van der Waals surface area contributed by atoms with Crippen molar-refractivity contribution in [2.75, 3.05) is 12.9 Å². The molecule has 1 heterocycles. The summed E-state index contributed by atoms with van der Waals surface area (Å²) < 4.78 is 6.91. The highest BCUT2D eigenvalue weighted by Gasteiger charge is 2.06. The van der Waals surface area contributed by atoms with E-state index in [1.54, 1.807) is 18.0 Å². The lowest BCUT2D eigenvalue weighted by Gasteiger charge is -2.05. The molecule has 8 heteroatoms. The van der Waals surface area contributed by atoms with E-state index in [4.69, 9.17) is 4.74 Å². The normalized spacial score (nSPS) is 11.3. The number of ether oxygens (including phenoxy) is 1. The van der Waals surface area contributed by atoms with E-state index in [0.29, 0.717) is 10.9 Å². The molecule has 2 rings (SSSR count). The number of rotatable bonds is 6. The minimum atomic E-state index is -0.199. The van der Waals surface area contributed by atoms with Gasteiger partial charge in [-0.15, -0.1) is 10.2 Å². The van der Waals surface area contributed by atoms with Gasteiger partial charge in [-0.2, -0.15) is 5.10 Å². The Morgan fingerprint density at radius 3 is 3.00 bits per heavy atom. The van der Waals surface area contributed by atoms with Crippen LogP contribution in [-0.2, 0) is 11.8 Å². The maximum atomic E-state index is 11.8. The predicted molar refractivity (Wildman–Crippen MR) is 85.1 cm³/mol. The Hall–Kier alpha value is -2.35. The van der Waals surface area contributed by atoms with Gasteiger partial charge in [-0.05, 0) is 19.1 Å². The maximum absolute atomic E-state index is 11.8. The molecular weight excluding hydrogens is 302 g/mol. The highest BCUT2D eigenvalue weighted by atomic mass is 32.2. The monoisotopic (exact) mass is 319 g/mol. The van der Waals surface area contributed by atoms with Crippen molar-refractivity contribution in [1.29, 1.82) is 0 Å². The summed E-state index contributed by atoms with van der Waals surface area (Å²) in [5.41, 5.74) is 4.12. The van der Waals surface area contributed by atoms with Crippen LogP contribution >= 0.6 is 11.8 Å². The SMILES string of the molecule is COc1cccc(/C(C)=N/NC(=O)CSc2nncn2C)c1. The Labute approximate surface area is 132 Å². The van der Waals surface area contributed by atoms with Crippen LogP contribution in [0.15, 0.2) is 40.9 Å². The Bertz CT molecular complexity index is 683. The van der Waals surface area contributed by atoms with E-state index in [1.807, 2.05) is 38.2 Å². The Balaban J connectivity index is 1.89. The summed E-state index contributed by atoms with van der Waals surface area (Å²) in [7, 11) is 3.43. The lowest BCUT2D eigenvalue weighted by molar-refractivity contribution is -0.118. The Morgan fingerprint density at radius 2 is 2.32 bits per heavy atom. The van der Waals surface area contributed by atoms with E-state index in [1.165, 1.54) is 11.8 Å². The van der Waals surface area contributed by atoms with Crippen LogP contribution in [0, 0.1) is 0 Å². The van der Waals surface area contributed by atoms with Gasteiger partial charge in [-0.3, -0.25) is 4.79 Å². The molecule has 1 aromatic heterocycles. The van der Waals surface area contributed by atoms with Gasteiger partial charge in [0.15, 0.2) is 5.16 Å². The topological polar surface area (TPSA) is 81.4 Å². The van der Waals surface area contributed by atoms with Crippen LogP contribution in [0.3, 0.4) is 0 Å². The van der Waals surface area contributed by atoms with Gasteiger partial charge in [0, 0.05) is 12.6 Å². The second-order valence-corrected chi connectivity index (χ2v) is 5.42. The third-order valence-electron chi connectivity index (χ3n) is 2.84. The fourth-order valence-corrected chi connectivity index (χ4v) is 2.30. The highest BCUT2D eigenvalue weighted by Crippen LogP contribution is 2.14. The van der Waals surface area contributed by atoms with E-state index in [2.05, 4.69) is 20.7 Å². The van der Waals surface area contributed by atoms with Gasteiger partial charge in [-0.1, -0.05) is 23.9 Å². The quantitative estimate of drug-likeness (QED) is 0.495. The minimum absolute atomic E-state index is 0.199. The fourth-order valence-electron chi connectivity index (χ4n) is 1.62. The zero-order chi connectivity index (χ0) is 15.9. The maximum Gasteiger partial charge on any atom is 0.250 e. The van der Waals surface area contributed by atoms with Crippen LogP contribution in [0.2, 0.25) is 0 Å². The first-order valence-corrected chi connectivity index (χ1v) is 7.53. The summed E-state index contributed by atoms with van der Waals surface area (Å²) in [5, 5.41) is 12.4. The summed E-state index contributed by atoms with van der Waals surface area (Å²) in [4.78, 5) is 11.8. The van der Waals surface area contributed by atoms with E-state index in [0.717, 1.165) is 11.3 Å². The number of benzene rings is 1. The van der Waals surface area contributed by atoms with Gasteiger partial charge >= 0.3 is 0 Å². The minimum Gasteiger partial charge on any atom is -0.497 e. The van der Waals surface area contributed by atoms with Crippen molar-refractivity contribution in [2.24, 2.45) is 12.1 Å². The molecule has 0 saturated heterocycles. The number of carbonyl (C=O) groups excluding carboxylic acids is 1. The molecular formula is C14H17N5O2S. The van der Waals surface area contributed by atoms with Gasteiger partial charge in [0.25, 0.3) is 5.91 Å². The Morgan fingerprint density at radius 1 is 1.50 bits per heavy atom. The lowest BCUT2D eigenvalue weighted by Crippen LogP contribution is -2.21. The highest BCUT2D eigenvalue weighted by molar-refractivity contribution is 7.99. The fraction of sp³-hybridized carbons (Fsp3) is 0.286. The Kier molecular flexibility index (Phi) is 5.54. The van der Waals surface area contributed by atoms with Crippen molar-refractivity contribution >= 4 is 23.4 Å². The van der Waals surface area contributed by atoms with Gasteiger partial charge in [0.1, 0.15) is 12.1 Å². The molecule has 116 valence electrons. The van der Waals surface area contributed by atoms with Crippen molar-refractivity contribution in [1.82, 2.24) is 20.2 Å². The first-order chi connectivity index (χ1) is 10.6. The van der Waals surface area contributed by atoms with Crippen molar-refractivity contribution in [2.45, 2.75) is 12.1 Å². The molecule has 0 aliphatic rings. The number of aryl methyl sites for hydroxylation is 1. The van der Waals surface area contributed by atoms with Crippen LogP contribution in [0.25, 0.3) is 0 Å². The molecule has 1 aromatic carbocycles. The molecule has 22 heavy (non-hydrogen) atoms. The molecule has 0 unspecified atom stereocenters. The van der Waals surface area contributed by atoms with Crippen molar-refractivity contribution in [3.05, 3.63) is 36.2 Å². The molecule has 0 fully saturated rings. The number of hydrogen-bond acceptors (Lipinski definition) is 6. The third-order valence-corrected chi connectivity index (χ3v) is 3.87. The summed E-state index contributed by atoms with van der Waals surface area (Å²) in [5.74, 6) is 0.771. The number of hydrogen-bond donors (Lipinski definition) is 1. The molecule has 0 spiro atoms. The van der Waals surface area contributed by atoms with Crippen LogP contribution in [0.5, 0.6) is 5.75 Å². The molecule has 0 aliphatic heterocycles. The number of nitrogens with zero attached hydrogens (tertiary/aromatic N) is 4. The standard InChI is InChI=1S/C14H17N5O2S/c1-10(11-5-4-6-12(7-11)21-3)16-17-13(20)8-22-14-18-15-9-19(14)2/h4-7,9H,8H2,1-3H3,(H,17,20)/b16-10+. The third kappa shape index (κ3) is 4.32.